The number of rotatable bonds is 5. The van der Waals surface area contributed by atoms with E-state index in [-0.39, 0.29) is 11.5 Å². The number of benzene rings is 2. The van der Waals surface area contributed by atoms with Gasteiger partial charge in [0.25, 0.3) is 5.56 Å². The van der Waals surface area contributed by atoms with Gasteiger partial charge in [0.05, 0.1) is 23.6 Å². The highest BCUT2D eigenvalue weighted by Crippen LogP contribution is 2.21. The van der Waals surface area contributed by atoms with E-state index in [1.165, 1.54) is 7.11 Å². The molecule has 1 heterocycles. The smallest absolute Gasteiger partial charge is 0.337 e. The first-order chi connectivity index (χ1) is 12.5. The number of H-pyrrole nitrogens is 1. The number of methoxy groups -OCH3 is 1. The number of carbonyl (C=O) groups excluding carboxylic acids is 2. The zero-order valence-corrected chi connectivity index (χ0v) is 14.5. The molecule has 0 saturated heterocycles. The van der Waals surface area contributed by atoms with Gasteiger partial charge >= 0.3 is 5.97 Å². The van der Waals surface area contributed by atoms with Gasteiger partial charge in [-0.2, -0.15) is 0 Å². The summed E-state index contributed by atoms with van der Waals surface area (Å²) in [6.45, 7) is 1.73. The average molecular weight is 350 g/mol. The summed E-state index contributed by atoms with van der Waals surface area (Å²) in [4.78, 5) is 42.2. The molecule has 3 rings (SSSR count). The summed E-state index contributed by atoms with van der Waals surface area (Å²) < 4.78 is 4.67. The van der Waals surface area contributed by atoms with Gasteiger partial charge in [0.15, 0.2) is 0 Å². The SMILES string of the molecule is COC(=O)c1ccc(C(C=O)Cc2ccc3nc(C)[nH]c(=O)c3c2)cc1. The van der Waals surface area contributed by atoms with E-state index in [4.69, 9.17) is 0 Å². The lowest BCUT2D eigenvalue weighted by Crippen LogP contribution is -2.11. The normalized spacial score (nSPS) is 11.9. The lowest BCUT2D eigenvalue weighted by molar-refractivity contribution is -0.109. The van der Waals surface area contributed by atoms with Crippen LogP contribution in [0.1, 0.15) is 33.2 Å². The largest absolute Gasteiger partial charge is 0.465 e. The quantitative estimate of drug-likeness (QED) is 0.564. The minimum atomic E-state index is -0.421. The molecule has 6 nitrogen and oxygen atoms in total. The van der Waals surface area contributed by atoms with Crippen molar-refractivity contribution in [1.29, 1.82) is 0 Å². The van der Waals surface area contributed by atoms with Crippen molar-refractivity contribution in [1.82, 2.24) is 9.97 Å². The Morgan fingerprint density at radius 3 is 2.62 bits per heavy atom. The van der Waals surface area contributed by atoms with Crippen LogP contribution in [0.5, 0.6) is 0 Å². The maximum Gasteiger partial charge on any atom is 0.337 e. The number of aldehydes is 1. The molecule has 1 atom stereocenters. The van der Waals surface area contributed by atoms with Crippen LogP contribution >= 0.6 is 0 Å². The third-order valence-electron chi connectivity index (χ3n) is 4.27. The number of esters is 1. The summed E-state index contributed by atoms with van der Waals surface area (Å²) in [5, 5.41) is 0.499. The van der Waals surface area contributed by atoms with Crippen LogP contribution in [-0.2, 0) is 16.0 Å². The number of fused-ring (bicyclic) bond motifs is 1. The van der Waals surface area contributed by atoms with Crippen LogP contribution in [0.4, 0.5) is 0 Å². The maximum atomic E-state index is 12.1. The van der Waals surface area contributed by atoms with Crippen LogP contribution in [0, 0.1) is 6.92 Å². The Hall–Kier alpha value is -3.28. The summed E-state index contributed by atoms with van der Waals surface area (Å²) in [5.74, 6) is -0.237. The highest BCUT2D eigenvalue weighted by atomic mass is 16.5. The van der Waals surface area contributed by atoms with Crippen LogP contribution in [0.3, 0.4) is 0 Å². The van der Waals surface area contributed by atoms with Crippen LogP contribution < -0.4 is 5.56 Å². The Bertz CT molecular complexity index is 1020. The molecule has 26 heavy (non-hydrogen) atoms. The first kappa shape index (κ1) is 17.5. The Labute approximate surface area is 149 Å². The number of nitrogens with one attached hydrogen (secondary N) is 1. The molecule has 1 unspecified atom stereocenters. The van der Waals surface area contributed by atoms with Crippen LogP contribution in [0.25, 0.3) is 10.9 Å². The van der Waals surface area contributed by atoms with E-state index in [1.54, 1.807) is 43.3 Å². The number of carbonyl (C=O) groups is 2. The molecule has 6 heteroatoms. The van der Waals surface area contributed by atoms with Gasteiger partial charge in [-0.25, -0.2) is 9.78 Å². The highest BCUT2D eigenvalue weighted by Gasteiger charge is 2.14. The standard InChI is InChI=1S/C20H18N2O4/c1-12-21-18-8-3-13(10-17(18)19(24)22-12)9-16(11-23)14-4-6-15(7-5-14)20(25)26-2/h3-8,10-11,16H,9H2,1-2H3,(H,21,22,24). The molecular weight excluding hydrogens is 332 g/mol. The van der Waals surface area contributed by atoms with Crippen molar-refractivity contribution >= 4 is 23.2 Å². The van der Waals surface area contributed by atoms with Crippen molar-refractivity contribution in [2.45, 2.75) is 19.3 Å². The molecule has 1 N–H and O–H groups in total. The molecule has 0 aliphatic carbocycles. The van der Waals surface area contributed by atoms with Gasteiger partial charge in [0.1, 0.15) is 12.1 Å². The summed E-state index contributed by atoms with van der Waals surface area (Å²) in [5.41, 5.74) is 2.52. The average Bonchev–Trinajstić information content (AvgIpc) is 2.66. The third-order valence-corrected chi connectivity index (χ3v) is 4.27. The predicted octanol–water partition coefficient (Wildman–Crippen LogP) is 2.54. The van der Waals surface area contributed by atoms with Crippen LogP contribution in [-0.4, -0.2) is 29.3 Å². The topological polar surface area (TPSA) is 89.1 Å². The number of hydrogen-bond acceptors (Lipinski definition) is 5. The Balaban J connectivity index is 1.88. The molecule has 0 bridgehead atoms. The predicted molar refractivity (Wildman–Crippen MR) is 97.4 cm³/mol. The molecule has 0 aliphatic rings. The van der Waals surface area contributed by atoms with Gasteiger partial charge in [-0.1, -0.05) is 18.2 Å². The number of aromatic amines is 1. The fraction of sp³-hybridized carbons (Fsp3) is 0.200. The fourth-order valence-corrected chi connectivity index (χ4v) is 2.91. The Morgan fingerprint density at radius 1 is 1.23 bits per heavy atom. The van der Waals surface area contributed by atoms with E-state index in [0.29, 0.717) is 28.7 Å². The highest BCUT2D eigenvalue weighted by molar-refractivity contribution is 5.89. The van der Waals surface area contributed by atoms with E-state index in [2.05, 4.69) is 14.7 Å². The second kappa shape index (κ2) is 7.31. The van der Waals surface area contributed by atoms with E-state index in [9.17, 15) is 14.4 Å². The lowest BCUT2D eigenvalue weighted by atomic mass is 9.92. The van der Waals surface area contributed by atoms with Gasteiger partial charge in [0.2, 0.25) is 0 Å². The van der Waals surface area contributed by atoms with E-state index >= 15 is 0 Å². The summed E-state index contributed by atoms with van der Waals surface area (Å²) >= 11 is 0. The van der Waals surface area contributed by atoms with Crippen molar-refractivity contribution in [3.05, 3.63) is 75.3 Å². The van der Waals surface area contributed by atoms with E-state index in [1.807, 2.05) is 6.07 Å². The molecule has 0 fully saturated rings. The fourth-order valence-electron chi connectivity index (χ4n) is 2.91. The van der Waals surface area contributed by atoms with Gasteiger partial charge in [0, 0.05) is 5.92 Å². The Morgan fingerprint density at radius 2 is 1.96 bits per heavy atom. The summed E-state index contributed by atoms with van der Waals surface area (Å²) in [6.07, 6.45) is 1.32. The molecule has 0 amide bonds. The van der Waals surface area contributed by atoms with E-state index in [0.717, 1.165) is 17.4 Å². The molecule has 132 valence electrons. The van der Waals surface area contributed by atoms with Gasteiger partial charge in [-0.3, -0.25) is 4.79 Å². The van der Waals surface area contributed by atoms with Crippen molar-refractivity contribution in [3.63, 3.8) is 0 Å². The molecule has 1 aromatic heterocycles. The summed E-state index contributed by atoms with van der Waals surface area (Å²) in [7, 11) is 1.32. The molecule has 0 radical (unpaired) electrons. The van der Waals surface area contributed by atoms with Crippen molar-refractivity contribution in [3.8, 4) is 0 Å². The molecule has 3 aromatic rings. The van der Waals surface area contributed by atoms with E-state index < -0.39 is 5.97 Å². The second-order valence-corrected chi connectivity index (χ2v) is 6.06. The van der Waals surface area contributed by atoms with Gasteiger partial charge in [-0.05, 0) is 48.7 Å². The third kappa shape index (κ3) is 3.54. The van der Waals surface area contributed by atoms with Crippen LogP contribution in [0.15, 0.2) is 47.3 Å². The monoisotopic (exact) mass is 350 g/mol. The molecule has 0 aliphatic heterocycles. The second-order valence-electron chi connectivity index (χ2n) is 6.06. The van der Waals surface area contributed by atoms with Crippen molar-refractivity contribution in [2.75, 3.05) is 7.11 Å². The zero-order chi connectivity index (χ0) is 18.7. The molecule has 2 aromatic carbocycles. The number of nitrogens with zero attached hydrogens (tertiary/aromatic N) is 1. The first-order valence-corrected chi connectivity index (χ1v) is 8.15. The number of aromatic nitrogens is 2. The summed E-state index contributed by atoms with van der Waals surface area (Å²) in [6, 6.07) is 12.2. The number of ether oxygens (including phenoxy) is 1. The van der Waals surface area contributed by atoms with Crippen molar-refractivity contribution in [2.24, 2.45) is 0 Å². The molecular formula is C20H18N2O4. The first-order valence-electron chi connectivity index (χ1n) is 8.15. The van der Waals surface area contributed by atoms with Crippen molar-refractivity contribution < 1.29 is 14.3 Å². The Kier molecular flexibility index (Phi) is 4.93. The zero-order valence-electron chi connectivity index (χ0n) is 14.5. The van der Waals surface area contributed by atoms with Gasteiger partial charge in [-0.15, -0.1) is 0 Å². The number of hydrogen-bond donors (Lipinski definition) is 1. The van der Waals surface area contributed by atoms with Gasteiger partial charge < -0.3 is 14.5 Å². The maximum absolute atomic E-state index is 12.1. The molecule has 0 saturated carbocycles. The minimum absolute atomic E-state index is 0.195. The number of aryl methyl sites for hydroxylation is 1. The van der Waals surface area contributed by atoms with Crippen LogP contribution in [0.2, 0.25) is 0 Å². The molecule has 0 spiro atoms. The lowest BCUT2D eigenvalue weighted by Gasteiger charge is -2.12. The minimum Gasteiger partial charge on any atom is -0.465 e.